The third-order valence-electron chi connectivity index (χ3n) is 4.11. The summed E-state index contributed by atoms with van der Waals surface area (Å²) in [6.07, 6.45) is 1.91. The summed E-state index contributed by atoms with van der Waals surface area (Å²) in [6, 6.07) is 10.4. The quantitative estimate of drug-likeness (QED) is 0.837. The van der Waals surface area contributed by atoms with Gasteiger partial charge in [0.1, 0.15) is 5.82 Å². The molecule has 136 valence electrons. The molecule has 0 aromatic heterocycles. The molecule has 2 amide bonds. The van der Waals surface area contributed by atoms with Gasteiger partial charge in [0.2, 0.25) is 0 Å². The number of hydrogen-bond acceptors (Lipinski definition) is 3. The minimum absolute atomic E-state index is 0.0175. The number of para-hydroxylation sites is 1. The number of anilines is 1. The summed E-state index contributed by atoms with van der Waals surface area (Å²) in [5, 5.41) is 5.59. The van der Waals surface area contributed by atoms with Crippen molar-refractivity contribution in [2.24, 2.45) is 0 Å². The summed E-state index contributed by atoms with van der Waals surface area (Å²) in [7, 11) is 0. The van der Waals surface area contributed by atoms with E-state index in [-0.39, 0.29) is 22.6 Å². The molecule has 3 rings (SSSR count). The normalized spacial score (nSPS) is 16.3. The predicted octanol–water partition coefficient (Wildman–Crippen LogP) is 3.64. The van der Waals surface area contributed by atoms with Crippen molar-refractivity contribution in [3.8, 4) is 0 Å². The zero-order valence-corrected chi connectivity index (χ0v) is 14.7. The highest BCUT2D eigenvalue weighted by Gasteiger charge is 2.19. The van der Waals surface area contributed by atoms with Crippen LogP contribution in [0.15, 0.2) is 42.5 Å². The van der Waals surface area contributed by atoms with E-state index in [9.17, 15) is 14.0 Å². The molecule has 0 unspecified atom stereocenters. The molecule has 5 nitrogen and oxygen atoms in total. The molecule has 2 N–H and O–H groups in total. The summed E-state index contributed by atoms with van der Waals surface area (Å²) in [5.74, 6) is -1.71. The van der Waals surface area contributed by atoms with Crippen LogP contribution in [0.25, 0.3) is 0 Å². The predicted molar refractivity (Wildman–Crippen MR) is 97.1 cm³/mol. The number of amides is 2. The molecule has 0 aliphatic carbocycles. The Bertz CT molecular complexity index is 822. The molecule has 2 aromatic rings. The van der Waals surface area contributed by atoms with Crippen LogP contribution in [-0.4, -0.2) is 31.1 Å². The van der Waals surface area contributed by atoms with Gasteiger partial charge in [-0.15, -0.1) is 0 Å². The Kier molecular flexibility index (Phi) is 5.85. The van der Waals surface area contributed by atoms with E-state index in [0.29, 0.717) is 24.4 Å². The molecular weight excluding hydrogens is 359 g/mol. The van der Waals surface area contributed by atoms with Crippen LogP contribution in [0.2, 0.25) is 5.02 Å². The van der Waals surface area contributed by atoms with E-state index in [1.165, 1.54) is 12.1 Å². The lowest BCUT2D eigenvalue weighted by Crippen LogP contribution is -2.32. The van der Waals surface area contributed by atoms with Crippen molar-refractivity contribution in [3.63, 3.8) is 0 Å². The van der Waals surface area contributed by atoms with Gasteiger partial charge in [0, 0.05) is 18.2 Å². The average molecular weight is 377 g/mol. The Morgan fingerprint density at radius 2 is 1.96 bits per heavy atom. The van der Waals surface area contributed by atoms with E-state index in [1.807, 2.05) is 0 Å². The van der Waals surface area contributed by atoms with Gasteiger partial charge >= 0.3 is 0 Å². The van der Waals surface area contributed by atoms with E-state index in [0.717, 1.165) is 18.9 Å². The maximum Gasteiger partial charge on any atom is 0.258 e. The SMILES string of the molecule is O=C(Nc1ccccc1C(=O)NC[C@H]1CCCO1)c1ccc(Cl)cc1F. The molecule has 1 aliphatic rings. The lowest BCUT2D eigenvalue weighted by Gasteiger charge is -2.14. The van der Waals surface area contributed by atoms with Gasteiger partial charge in [-0.25, -0.2) is 4.39 Å². The van der Waals surface area contributed by atoms with Gasteiger partial charge in [-0.05, 0) is 43.2 Å². The maximum absolute atomic E-state index is 13.9. The van der Waals surface area contributed by atoms with E-state index >= 15 is 0 Å². The fourth-order valence-corrected chi connectivity index (χ4v) is 2.92. The van der Waals surface area contributed by atoms with Gasteiger partial charge in [0.05, 0.1) is 22.9 Å². The third-order valence-corrected chi connectivity index (χ3v) is 4.35. The van der Waals surface area contributed by atoms with Gasteiger partial charge in [0.15, 0.2) is 0 Å². The molecule has 0 saturated carbocycles. The number of nitrogens with one attached hydrogen (secondary N) is 2. The van der Waals surface area contributed by atoms with Crippen molar-refractivity contribution in [3.05, 3.63) is 64.4 Å². The van der Waals surface area contributed by atoms with E-state index in [2.05, 4.69) is 10.6 Å². The van der Waals surface area contributed by atoms with Crippen molar-refractivity contribution >= 4 is 29.1 Å². The highest BCUT2D eigenvalue weighted by atomic mass is 35.5. The van der Waals surface area contributed by atoms with E-state index in [1.54, 1.807) is 24.3 Å². The number of rotatable bonds is 5. The van der Waals surface area contributed by atoms with Crippen molar-refractivity contribution in [2.45, 2.75) is 18.9 Å². The second-order valence-electron chi connectivity index (χ2n) is 5.97. The molecular formula is C19H18ClFN2O3. The molecule has 1 aliphatic heterocycles. The van der Waals surface area contributed by atoms with Crippen molar-refractivity contribution in [2.75, 3.05) is 18.5 Å². The van der Waals surface area contributed by atoms with Crippen molar-refractivity contribution < 1.29 is 18.7 Å². The fourth-order valence-electron chi connectivity index (χ4n) is 2.76. The largest absolute Gasteiger partial charge is 0.376 e. The molecule has 7 heteroatoms. The Balaban J connectivity index is 1.71. The lowest BCUT2D eigenvalue weighted by molar-refractivity contribution is 0.0858. The standard InChI is InChI=1S/C19H18ClFN2O3/c20-12-7-8-14(16(21)10-12)19(25)23-17-6-2-1-5-15(17)18(24)22-11-13-4-3-9-26-13/h1-2,5-8,10,13H,3-4,9,11H2,(H,22,24)(H,23,25)/t13-/m1/s1. The first-order valence-corrected chi connectivity index (χ1v) is 8.67. The van der Waals surface area contributed by atoms with Gasteiger partial charge in [-0.2, -0.15) is 0 Å². The number of hydrogen-bond donors (Lipinski definition) is 2. The van der Waals surface area contributed by atoms with Crippen molar-refractivity contribution in [1.29, 1.82) is 0 Å². The minimum atomic E-state index is -0.727. The van der Waals surface area contributed by atoms with Crippen LogP contribution in [0.3, 0.4) is 0 Å². The Labute approximate surface area is 155 Å². The van der Waals surface area contributed by atoms with Crippen LogP contribution in [0.1, 0.15) is 33.6 Å². The summed E-state index contributed by atoms with van der Waals surface area (Å²) in [6.45, 7) is 1.12. The molecule has 1 heterocycles. The molecule has 1 fully saturated rings. The first kappa shape index (κ1) is 18.4. The number of halogens is 2. The molecule has 1 atom stereocenters. The summed E-state index contributed by atoms with van der Waals surface area (Å²) in [4.78, 5) is 24.8. The first-order chi connectivity index (χ1) is 12.5. The van der Waals surface area contributed by atoms with Gasteiger partial charge in [-0.3, -0.25) is 9.59 Å². The lowest BCUT2D eigenvalue weighted by atomic mass is 10.1. The average Bonchev–Trinajstić information content (AvgIpc) is 3.13. The second kappa shape index (κ2) is 8.29. The summed E-state index contributed by atoms with van der Waals surface area (Å²) < 4.78 is 19.4. The monoisotopic (exact) mass is 376 g/mol. The molecule has 0 radical (unpaired) electrons. The van der Waals surface area contributed by atoms with E-state index < -0.39 is 11.7 Å². The fraction of sp³-hybridized carbons (Fsp3) is 0.263. The molecule has 0 spiro atoms. The number of ether oxygens (including phenoxy) is 1. The Morgan fingerprint density at radius 3 is 2.69 bits per heavy atom. The second-order valence-corrected chi connectivity index (χ2v) is 6.41. The van der Waals surface area contributed by atoms with Gasteiger partial charge in [0.25, 0.3) is 11.8 Å². The minimum Gasteiger partial charge on any atom is -0.376 e. The van der Waals surface area contributed by atoms with Crippen LogP contribution in [0.5, 0.6) is 0 Å². The van der Waals surface area contributed by atoms with Crippen LogP contribution >= 0.6 is 11.6 Å². The van der Waals surface area contributed by atoms with Crippen LogP contribution in [-0.2, 0) is 4.74 Å². The van der Waals surface area contributed by atoms with Crippen LogP contribution in [0, 0.1) is 5.82 Å². The third kappa shape index (κ3) is 4.39. The topological polar surface area (TPSA) is 67.4 Å². The number of benzene rings is 2. The zero-order chi connectivity index (χ0) is 18.5. The number of carbonyl (C=O) groups excluding carboxylic acids is 2. The Morgan fingerprint density at radius 1 is 1.15 bits per heavy atom. The maximum atomic E-state index is 13.9. The molecule has 1 saturated heterocycles. The van der Waals surface area contributed by atoms with Crippen LogP contribution in [0.4, 0.5) is 10.1 Å². The number of carbonyl (C=O) groups is 2. The smallest absolute Gasteiger partial charge is 0.258 e. The van der Waals surface area contributed by atoms with Gasteiger partial charge < -0.3 is 15.4 Å². The molecule has 2 aromatic carbocycles. The van der Waals surface area contributed by atoms with E-state index in [4.69, 9.17) is 16.3 Å². The highest BCUT2D eigenvalue weighted by molar-refractivity contribution is 6.30. The summed E-state index contributed by atoms with van der Waals surface area (Å²) >= 11 is 5.70. The van der Waals surface area contributed by atoms with Crippen molar-refractivity contribution in [1.82, 2.24) is 5.32 Å². The molecule has 0 bridgehead atoms. The summed E-state index contributed by atoms with van der Waals surface area (Å²) in [5.41, 5.74) is 0.453. The highest BCUT2D eigenvalue weighted by Crippen LogP contribution is 2.19. The van der Waals surface area contributed by atoms with Gasteiger partial charge in [-0.1, -0.05) is 23.7 Å². The van der Waals surface area contributed by atoms with Crippen LogP contribution < -0.4 is 10.6 Å². The zero-order valence-electron chi connectivity index (χ0n) is 13.9. The Hall–Kier alpha value is -2.44. The molecule has 26 heavy (non-hydrogen) atoms. The first-order valence-electron chi connectivity index (χ1n) is 8.30.